The summed E-state index contributed by atoms with van der Waals surface area (Å²) >= 11 is 0. The largest absolute Gasteiger partial charge is 0.482 e. The molecule has 1 N–H and O–H groups in total. The van der Waals surface area contributed by atoms with Gasteiger partial charge in [0, 0.05) is 6.61 Å². The molecule has 1 heterocycles. The molecule has 5 atom stereocenters. The van der Waals surface area contributed by atoms with E-state index in [1.807, 2.05) is 12.1 Å². The predicted molar refractivity (Wildman–Crippen MR) is 134 cm³/mol. The number of hydrogen-bond acceptors (Lipinski definition) is 6. The van der Waals surface area contributed by atoms with Crippen molar-refractivity contribution in [2.24, 2.45) is 11.8 Å². The lowest BCUT2D eigenvalue weighted by molar-refractivity contribution is -0.192. The summed E-state index contributed by atoms with van der Waals surface area (Å²) in [6, 6.07) is 6.10. The van der Waals surface area contributed by atoms with Crippen molar-refractivity contribution in [3.05, 3.63) is 29.3 Å². The Hall–Kier alpha value is -1.63. The maximum Gasteiger partial charge on any atom is 0.343 e. The van der Waals surface area contributed by atoms with Crippen molar-refractivity contribution < 1.29 is 28.8 Å². The molecule has 1 saturated heterocycles. The zero-order valence-electron chi connectivity index (χ0n) is 21.6. The Bertz CT molecular complexity index is 819. The maximum atomic E-state index is 11.6. The highest BCUT2D eigenvalue weighted by Crippen LogP contribution is 2.49. The van der Waals surface area contributed by atoms with Crippen LogP contribution in [0.2, 0.25) is 0 Å². The van der Waals surface area contributed by atoms with Crippen LogP contribution in [0.5, 0.6) is 5.75 Å². The summed E-state index contributed by atoms with van der Waals surface area (Å²) in [6.45, 7) is 2.95. The van der Waals surface area contributed by atoms with Crippen LogP contribution < -0.4 is 4.74 Å². The van der Waals surface area contributed by atoms with Crippen LogP contribution in [-0.4, -0.2) is 49.4 Å². The van der Waals surface area contributed by atoms with Crippen LogP contribution in [-0.2, 0) is 31.8 Å². The Morgan fingerprint density at radius 1 is 1.17 bits per heavy atom. The molecule has 1 unspecified atom stereocenters. The molecule has 2 fully saturated rings. The number of esters is 1. The van der Waals surface area contributed by atoms with E-state index in [0.29, 0.717) is 11.8 Å². The fraction of sp³-hybridized carbons (Fsp3) is 0.759. The minimum atomic E-state index is -0.635. The Morgan fingerprint density at radius 2 is 2.00 bits per heavy atom. The zero-order chi connectivity index (χ0) is 24.7. The van der Waals surface area contributed by atoms with Crippen molar-refractivity contribution in [2.45, 2.75) is 108 Å². The number of unbranched alkanes of at least 4 members (excludes halogenated alkanes) is 2. The van der Waals surface area contributed by atoms with Crippen LogP contribution in [0.15, 0.2) is 18.2 Å². The number of carbonyl (C=O) groups excluding carboxylic acids is 1. The van der Waals surface area contributed by atoms with Gasteiger partial charge in [0.15, 0.2) is 12.9 Å². The van der Waals surface area contributed by atoms with Crippen molar-refractivity contribution in [3.63, 3.8) is 0 Å². The quantitative estimate of drug-likeness (QED) is 0.315. The smallest absolute Gasteiger partial charge is 0.343 e. The highest BCUT2D eigenvalue weighted by molar-refractivity contribution is 5.71. The number of ether oxygens (including phenoxy) is 4. The van der Waals surface area contributed by atoms with Gasteiger partial charge < -0.3 is 24.1 Å². The van der Waals surface area contributed by atoms with E-state index in [-0.39, 0.29) is 25.0 Å². The molecule has 1 saturated carbocycles. The summed E-state index contributed by atoms with van der Waals surface area (Å²) in [6.07, 6.45) is 13.2. The van der Waals surface area contributed by atoms with Gasteiger partial charge in [-0.15, -0.1) is 0 Å². The van der Waals surface area contributed by atoms with Gasteiger partial charge in [0.2, 0.25) is 0 Å². The molecule has 4 rings (SSSR count). The van der Waals surface area contributed by atoms with E-state index in [2.05, 4.69) is 13.0 Å². The Labute approximate surface area is 210 Å². The topological polar surface area (TPSA) is 74.2 Å². The molecule has 6 heteroatoms. The van der Waals surface area contributed by atoms with Gasteiger partial charge in [-0.1, -0.05) is 38.3 Å². The normalized spacial score (nSPS) is 28.7. The number of hydrogen-bond donors (Lipinski definition) is 1. The van der Waals surface area contributed by atoms with Crippen LogP contribution in [0.1, 0.15) is 88.7 Å². The minimum absolute atomic E-state index is 0.0743. The van der Waals surface area contributed by atoms with Gasteiger partial charge in [-0.2, -0.15) is 0 Å². The van der Waals surface area contributed by atoms with E-state index in [0.717, 1.165) is 70.1 Å². The molecular formula is C29H44O6. The third-order valence-electron chi connectivity index (χ3n) is 8.25. The summed E-state index contributed by atoms with van der Waals surface area (Å²) in [7, 11) is 1.37. The monoisotopic (exact) mass is 488 g/mol. The number of rotatable bonds is 12. The lowest BCUT2D eigenvalue weighted by Crippen LogP contribution is -2.31. The molecule has 0 radical (unpaired) electrons. The standard InChI is InChI=1S/C29H44O6/c1-3-4-5-10-24(35-28-12-6-7-15-33-28)13-14-29(31)18-22-16-21-9-8-11-26(34-20-27(30)32-2)25(21)17-23(22)19-29/h8-9,11,22-24,28,31H,3-7,10,12-20H2,1-2H3/t22-,23+,24-,28?,29+/m1/s1. The lowest BCUT2D eigenvalue weighted by Gasteiger charge is -2.30. The third-order valence-corrected chi connectivity index (χ3v) is 8.25. The summed E-state index contributed by atoms with van der Waals surface area (Å²) < 4.78 is 22.8. The zero-order valence-corrected chi connectivity index (χ0v) is 21.6. The number of aliphatic hydroxyl groups is 1. The van der Waals surface area contributed by atoms with E-state index in [1.165, 1.54) is 43.9 Å². The molecule has 0 amide bonds. The maximum absolute atomic E-state index is 11.6. The molecule has 0 bridgehead atoms. The fourth-order valence-electron chi connectivity index (χ4n) is 6.35. The number of methoxy groups -OCH3 is 1. The predicted octanol–water partition coefficient (Wildman–Crippen LogP) is 5.37. The van der Waals surface area contributed by atoms with Crippen LogP contribution >= 0.6 is 0 Å². The first-order chi connectivity index (χ1) is 17.0. The Balaban J connectivity index is 1.34. The highest BCUT2D eigenvalue weighted by Gasteiger charge is 2.46. The summed E-state index contributed by atoms with van der Waals surface area (Å²) in [5.74, 6) is 1.33. The van der Waals surface area contributed by atoms with E-state index in [4.69, 9.17) is 18.9 Å². The van der Waals surface area contributed by atoms with Crippen molar-refractivity contribution in [2.75, 3.05) is 20.3 Å². The molecule has 1 aromatic carbocycles. The first-order valence-corrected chi connectivity index (χ1v) is 13.8. The number of carbonyl (C=O) groups is 1. The first kappa shape index (κ1) is 26.4. The summed E-state index contributed by atoms with van der Waals surface area (Å²) in [5, 5.41) is 11.6. The van der Waals surface area contributed by atoms with Crippen molar-refractivity contribution >= 4 is 5.97 Å². The van der Waals surface area contributed by atoms with E-state index in [1.54, 1.807) is 0 Å². The average molecular weight is 489 g/mol. The van der Waals surface area contributed by atoms with Crippen LogP contribution in [0.25, 0.3) is 0 Å². The molecule has 6 nitrogen and oxygen atoms in total. The Morgan fingerprint density at radius 3 is 2.74 bits per heavy atom. The summed E-state index contributed by atoms with van der Waals surface area (Å²) in [5.41, 5.74) is 1.84. The molecule has 0 aromatic heterocycles. The highest BCUT2D eigenvalue weighted by atomic mass is 16.7. The van der Waals surface area contributed by atoms with Gasteiger partial charge in [0.1, 0.15) is 5.75 Å². The van der Waals surface area contributed by atoms with Gasteiger partial charge in [-0.3, -0.25) is 0 Å². The van der Waals surface area contributed by atoms with Crippen molar-refractivity contribution in [3.8, 4) is 5.75 Å². The second kappa shape index (κ2) is 12.6. The second-order valence-corrected chi connectivity index (χ2v) is 10.9. The fourth-order valence-corrected chi connectivity index (χ4v) is 6.35. The average Bonchev–Trinajstić information content (AvgIpc) is 3.20. The summed E-state index contributed by atoms with van der Waals surface area (Å²) in [4.78, 5) is 11.6. The molecule has 1 aromatic rings. The lowest BCUT2D eigenvalue weighted by atomic mass is 9.77. The first-order valence-electron chi connectivity index (χ1n) is 13.8. The molecule has 196 valence electrons. The molecule has 2 aliphatic carbocycles. The van der Waals surface area contributed by atoms with Gasteiger partial charge in [-0.25, -0.2) is 4.79 Å². The van der Waals surface area contributed by atoms with E-state index >= 15 is 0 Å². The van der Waals surface area contributed by atoms with E-state index < -0.39 is 5.60 Å². The van der Waals surface area contributed by atoms with Gasteiger partial charge in [-0.05, 0) is 93.2 Å². The van der Waals surface area contributed by atoms with Crippen LogP contribution in [0.4, 0.5) is 0 Å². The second-order valence-electron chi connectivity index (χ2n) is 10.9. The van der Waals surface area contributed by atoms with Crippen LogP contribution in [0, 0.1) is 11.8 Å². The molecule has 3 aliphatic rings. The molecular weight excluding hydrogens is 444 g/mol. The van der Waals surface area contributed by atoms with Gasteiger partial charge in [0.05, 0.1) is 18.8 Å². The van der Waals surface area contributed by atoms with Crippen molar-refractivity contribution in [1.29, 1.82) is 0 Å². The molecule has 35 heavy (non-hydrogen) atoms. The Kier molecular flexibility index (Phi) is 9.48. The van der Waals surface area contributed by atoms with E-state index in [9.17, 15) is 9.90 Å². The van der Waals surface area contributed by atoms with Crippen molar-refractivity contribution in [1.82, 2.24) is 0 Å². The third kappa shape index (κ3) is 7.21. The SMILES string of the molecule is CCCCC[C@H](CC[C@]1(O)C[C@H]2Cc3cccc(OCC(=O)OC)c3C[C@H]2C1)OC1CCCCO1. The molecule has 1 aliphatic heterocycles. The molecule has 0 spiro atoms. The van der Waals surface area contributed by atoms with Gasteiger partial charge in [0.25, 0.3) is 0 Å². The number of fused-ring (bicyclic) bond motifs is 2. The number of benzene rings is 1. The van der Waals surface area contributed by atoms with Gasteiger partial charge >= 0.3 is 5.97 Å². The van der Waals surface area contributed by atoms with Crippen LogP contribution in [0.3, 0.4) is 0 Å². The minimum Gasteiger partial charge on any atom is -0.482 e.